The first-order valence-electron chi connectivity index (χ1n) is 9.25. The molecule has 0 radical (unpaired) electrons. The second-order valence-electron chi connectivity index (χ2n) is 7.05. The predicted molar refractivity (Wildman–Crippen MR) is 97.3 cm³/mol. The number of hydrogen-bond donors (Lipinski definition) is 1. The summed E-state index contributed by atoms with van der Waals surface area (Å²) in [6.45, 7) is 3.73. The summed E-state index contributed by atoms with van der Waals surface area (Å²) in [6, 6.07) is 2.11. The lowest BCUT2D eigenvalue weighted by Gasteiger charge is -2.36. The van der Waals surface area contributed by atoms with E-state index >= 15 is 0 Å². The Morgan fingerprint density at radius 2 is 2.19 bits per heavy atom. The third-order valence-electron chi connectivity index (χ3n) is 5.23. The normalized spacial score (nSPS) is 20.7. The van der Waals surface area contributed by atoms with Gasteiger partial charge in [0.1, 0.15) is 5.82 Å². The zero-order valence-corrected chi connectivity index (χ0v) is 15.1. The molecule has 26 heavy (non-hydrogen) atoms. The van der Waals surface area contributed by atoms with Crippen LogP contribution in [0.4, 0.5) is 5.82 Å². The molecular formula is C18H25N7O. The van der Waals surface area contributed by atoms with Crippen LogP contribution >= 0.6 is 0 Å². The fourth-order valence-corrected chi connectivity index (χ4v) is 3.77. The highest BCUT2D eigenvalue weighted by molar-refractivity contribution is 5.82. The molecule has 2 aromatic heterocycles. The summed E-state index contributed by atoms with van der Waals surface area (Å²) < 4.78 is 2.02. The molecule has 0 spiro atoms. The first-order chi connectivity index (χ1) is 12.7. The second kappa shape index (κ2) is 7.41. The van der Waals surface area contributed by atoms with Gasteiger partial charge < -0.3 is 10.2 Å². The van der Waals surface area contributed by atoms with E-state index in [2.05, 4.69) is 38.4 Å². The van der Waals surface area contributed by atoms with E-state index in [1.807, 2.05) is 9.58 Å². The average molecular weight is 355 g/mol. The Morgan fingerprint density at radius 1 is 1.27 bits per heavy atom. The zero-order valence-electron chi connectivity index (χ0n) is 15.1. The number of likely N-dealkylation sites (tertiary alicyclic amines) is 1. The maximum atomic E-state index is 12.9. The molecule has 0 saturated carbocycles. The quantitative estimate of drug-likeness (QED) is 0.885. The van der Waals surface area contributed by atoms with Crippen molar-refractivity contribution in [3.63, 3.8) is 0 Å². The van der Waals surface area contributed by atoms with Gasteiger partial charge in [-0.2, -0.15) is 5.10 Å². The van der Waals surface area contributed by atoms with E-state index in [0.717, 1.165) is 49.7 Å². The topological polar surface area (TPSA) is 79.2 Å². The number of anilines is 1. The number of carbonyl (C=O) groups is 1. The Hall–Kier alpha value is -2.48. The van der Waals surface area contributed by atoms with Crippen molar-refractivity contribution in [2.75, 3.05) is 25.5 Å². The minimum Gasteiger partial charge on any atom is -0.363 e. The lowest BCUT2D eigenvalue weighted by atomic mass is 10.0. The first kappa shape index (κ1) is 17.0. The third kappa shape index (κ3) is 3.55. The lowest BCUT2D eigenvalue weighted by Crippen LogP contribution is -2.51. The summed E-state index contributed by atoms with van der Waals surface area (Å²) in [6.07, 6.45) is 8.30. The Bertz CT molecular complexity index is 760. The Kier molecular flexibility index (Phi) is 4.83. The first-order valence-corrected chi connectivity index (χ1v) is 9.25. The van der Waals surface area contributed by atoms with E-state index < -0.39 is 0 Å². The summed E-state index contributed by atoms with van der Waals surface area (Å²) in [5, 5.41) is 7.87. The molecule has 1 saturated heterocycles. The standard InChI is InChI=1S/C18H25N7O/c1-23-7-3-2-4-16(23)18(26)24-8-9-25-15(13-24)10-14(22-25)11-21-17-12-19-5-6-20-17/h5-6,10,12,16H,2-4,7-9,11,13H2,1H3,(H,20,21)/t16-/m1/s1. The lowest BCUT2D eigenvalue weighted by molar-refractivity contribution is -0.139. The van der Waals surface area contributed by atoms with Gasteiger partial charge in [0.05, 0.1) is 43.3 Å². The molecule has 138 valence electrons. The molecule has 1 fully saturated rings. The van der Waals surface area contributed by atoms with Crippen LogP contribution in [0, 0.1) is 0 Å². The molecule has 8 heteroatoms. The van der Waals surface area contributed by atoms with Crippen LogP contribution in [0.1, 0.15) is 30.7 Å². The SMILES string of the molecule is CN1CCCC[C@@H]1C(=O)N1CCn2nc(CNc3cnccn3)cc2C1. The number of fused-ring (bicyclic) bond motifs is 1. The third-order valence-corrected chi connectivity index (χ3v) is 5.23. The summed E-state index contributed by atoms with van der Waals surface area (Å²) >= 11 is 0. The summed E-state index contributed by atoms with van der Waals surface area (Å²) in [5.41, 5.74) is 2.05. The van der Waals surface area contributed by atoms with E-state index in [-0.39, 0.29) is 11.9 Å². The number of aromatic nitrogens is 4. The number of piperidine rings is 1. The minimum absolute atomic E-state index is 0.0380. The van der Waals surface area contributed by atoms with Crippen LogP contribution in [0.25, 0.3) is 0 Å². The smallest absolute Gasteiger partial charge is 0.240 e. The summed E-state index contributed by atoms with van der Waals surface area (Å²) in [5.74, 6) is 0.995. The van der Waals surface area contributed by atoms with E-state index in [1.165, 1.54) is 6.42 Å². The van der Waals surface area contributed by atoms with Crippen LogP contribution in [0.5, 0.6) is 0 Å². The largest absolute Gasteiger partial charge is 0.363 e. The van der Waals surface area contributed by atoms with Crippen LogP contribution in [0.15, 0.2) is 24.7 Å². The molecular weight excluding hydrogens is 330 g/mol. The van der Waals surface area contributed by atoms with Gasteiger partial charge in [0.15, 0.2) is 0 Å². The molecule has 1 amide bonds. The number of nitrogens with zero attached hydrogens (tertiary/aromatic N) is 6. The number of nitrogens with one attached hydrogen (secondary N) is 1. The number of carbonyl (C=O) groups excluding carboxylic acids is 1. The highest BCUT2D eigenvalue weighted by Gasteiger charge is 2.31. The van der Waals surface area contributed by atoms with Gasteiger partial charge in [0, 0.05) is 18.9 Å². The number of hydrogen-bond acceptors (Lipinski definition) is 6. The highest BCUT2D eigenvalue weighted by atomic mass is 16.2. The molecule has 2 aliphatic rings. The van der Waals surface area contributed by atoms with Gasteiger partial charge in [0.25, 0.3) is 0 Å². The molecule has 2 aromatic rings. The van der Waals surface area contributed by atoms with Crippen LogP contribution in [-0.4, -0.2) is 61.6 Å². The Morgan fingerprint density at radius 3 is 3.00 bits per heavy atom. The van der Waals surface area contributed by atoms with Gasteiger partial charge in [-0.25, -0.2) is 4.98 Å². The molecule has 1 atom stereocenters. The molecule has 0 unspecified atom stereocenters. The van der Waals surface area contributed by atoms with Crippen molar-refractivity contribution >= 4 is 11.7 Å². The predicted octanol–water partition coefficient (Wildman–Crippen LogP) is 1.11. The number of rotatable bonds is 4. The molecule has 1 N–H and O–H groups in total. The van der Waals surface area contributed by atoms with Crippen LogP contribution in [-0.2, 0) is 24.4 Å². The molecule has 2 aliphatic heterocycles. The van der Waals surface area contributed by atoms with E-state index in [1.54, 1.807) is 18.6 Å². The summed E-state index contributed by atoms with van der Waals surface area (Å²) in [7, 11) is 2.06. The van der Waals surface area contributed by atoms with Gasteiger partial charge in [-0.05, 0) is 32.5 Å². The van der Waals surface area contributed by atoms with Crippen molar-refractivity contribution in [1.82, 2.24) is 29.5 Å². The molecule has 8 nitrogen and oxygen atoms in total. The Labute approximate surface area is 153 Å². The van der Waals surface area contributed by atoms with Crippen LogP contribution in [0.3, 0.4) is 0 Å². The van der Waals surface area contributed by atoms with Crippen LogP contribution in [0.2, 0.25) is 0 Å². The van der Waals surface area contributed by atoms with Crippen molar-refractivity contribution in [1.29, 1.82) is 0 Å². The van der Waals surface area contributed by atoms with Gasteiger partial charge in [0.2, 0.25) is 5.91 Å². The van der Waals surface area contributed by atoms with E-state index in [4.69, 9.17) is 0 Å². The maximum Gasteiger partial charge on any atom is 0.240 e. The monoisotopic (exact) mass is 355 g/mol. The fraction of sp³-hybridized carbons (Fsp3) is 0.556. The maximum absolute atomic E-state index is 12.9. The number of amides is 1. The van der Waals surface area contributed by atoms with Gasteiger partial charge in [-0.15, -0.1) is 0 Å². The van der Waals surface area contributed by atoms with Crippen molar-refractivity contribution in [2.45, 2.75) is 44.9 Å². The van der Waals surface area contributed by atoms with Crippen molar-refractivity contribution in [3.8, 4) is 0 Å². The Balaban J connectivity index is 1.39. The molecule has 4 heterocycles. The van der Waals surface area contributed by atoms with Gasteiger partial charge in [-0.1, -0.05) is 6.42 Å². The minimum atomic E-state index is 0.0380. The number of likely N-dealkylation sites (N-methyl/N-ethyl adjacent to an activating group) is 1. The molecule has 0 aromatic carbocycles. The van der Waals surface area contributed by atoms with Crippen molar-refractivity contribution in [2.24, 2.45) is 0 Å². The molecule has 0 aliphatic carbocycles. The molecule has 4 rings (SSSR count). The fourth-order valence-electron chi connectivity index (χ4n) is 3.77. The molecule has 0 bridgehead atoms. The van der Waals surface area contributed by atoms with E-state index in [0.29, 0.717) is 13.1 Å². The van der Waals surface area contributed by atoms with E-state index in [9.17, 15) is 4.79 Å². The van der Waals surface area contributed by atoms with Crippen molar-refractivity contribution < 1.29 is 4.79 Å². The zero-order chi connectivity index (χ0) is 17.9. The second-order valence-corrected chi connectivity index (χ2v) is 7.05. The van der Waals surface area contributed by atoms with Gasteiger partial charge in [-0.3, -0.25) is 19.4 Å². The highest BCUT2D eigenvalue weighted by Crippen LogP contribution is 2.21. The summed E-state index contributed by atoms with van der Waals surface area (Å²) in [4.78, 5) is 25.4. The van der Waals surface area contributed by atoms with Crippen LogP contribution < -0.4 is 5.32 Å². The van der Waals surface area contributed by atoms with Crippen molar-refractivity contribution in [3.05, 3.63) is 36.0 Å². The average Bonchev–Trinajstić information content (AvgIpc) is 3.09. The van der Waals surface area contributed by atoms with Gasteiger partial charge >= 0.3 is 0 Å².